The number of rotatable bonds is 6. The van der Waals surface area contributed by atoms with Crippen molar-refractivity contribution in [1.29, 1.82) is 0 Å². The van der Waals surface area contributed by atoms with Crippen molar-refractivity contribution in [1.82, 2.24) is 10.3 Å². The van der Waals surface area contributed by atoms with Crippen molar-refractivity contribution in [3.63, 3.8) is 0 Å². The number of ether oxygens (including phenoxy) is 1. The standard InChI is InChI=1S/C19H16Cl2N2O4S/c1-12(27-15-10-9-13-5-2-3-6-14(13)11-15)19(24)22-23-28(25,26)17-8-4-7-16(20)18(17)21/h2-12,23H,1H3,(H,22,24)/t12-/m0/s1. The van der Waals surface area contributed by atoms with Crippen LogP contribution in [0.15, 0.2) is 65.6 Å². The summed E-state index contributed by atoms with van der Waals surface area (Å²) in [7, 11) is -4.10. The highest BCUT2D eigenvalue weighted by atomic mass is 35.5. The van der Waals surface area contributed by atoms with Gasteiger partial charge in [-0.1, -0.05) is 59.6 Å². The van der Waals surface area contributed by atoms with Crippen LogP contribution in [0.4, 0.5) is 0 Å². The molecule has 0 aliphatic heterocycles. The average molecular weight is 439 g/mol. The first-order valence-corrected chi connectivity index (χ1v) is 10.4. The Kier molecular flexibility index (Phi) is 6.10. The summed E-state index contributed by atoms with van der Waals surface area (Å²) in [6.45, 7) is 1.51. The fourth-order valence-electron chi connectivity index (χ4n) is 2.46. The van der Waals surface area contributed by atoms with Crippen molar-refractivity contribution < 1.29 is 17.9 Å². The van der Waals surface area contributed by atoms with Crippen LogP contribution in [-0.2, 0) is 14.8 Å². The van der Waals surface area contributed by atoms with Gasteiger partial charge in [0.15, 0.2) is 6.10 Å². The maximum Gasteiger partial charge on any atom is 0.275 e. The number of hydrogen-bond acceptors (Lipinski definition) is 4. The summed E-state index contributed by atoms with van der Waals surface area (Å²) in [5, 5.41) is 1.96. The van der Waals surface area contributed by atoms with Gasteiger partial charge in [0.25, 0.3) is 15.9 Å². The lowest BCUT2D eigenvalue weighted by atomic mass is 10.1. The zero-order valence-electron chi connectivity index (χ0n) is 14.6. The summed E-state index contributed by atoms with van der Waals surface area (Å²) in [5.41, 5.74) is 2.12. The van der Waals surface area contributed by atoms with Gasteiger partial charge in [-0.2, -0.15) is 0 Å². The van der Waals surface area contributed by atoms with E-state index < -0.39 is 22.0 Å². The molecule has 28 heavy (non-hydrogen) atoms. The van der Waals surface area contributed by atoms with Gasteiger partial charge in [0.1, 0.15) is 10.6 Å². The molecule has 0 fully saturated rings. The Balaban J connectivity index is 1.65. The van der Waals surface area contributed by atoms with E-state index in [2.05, 4.69) is 5.43 Å². The maximum absolute atomic E-state index is 12.3. The van der Waals surface area contributed by atoms with E-state index in [4.69, 9.17) is 27.9 Å². The molecule has 2 N–H and O–H groups in total. The molecule has 146 valence electrons. The van der Waals surface area contributed by atoms with Crippen LogP contribution in [0, 0.1) is 0 Å². The van der Waals surface area contributed by atoms with E-state index in [9.17, 15) is 13.2 Å². The van der Waals surface area contributed by atoms with Crippen molar-refractivity contribution in [2.45, 2.75) is 17.9 Å². The number of amides is 1. The molecule has 0 heterocycles. The Hall–Kier alpha value is -2.32. The molecule has 1 amide bonds. The lowest BCUT2D eigenvalue weighted by Gasteiger charge is -2.16. The number of benzene rings is 3. The van der Waals surface area contributed by atoms with Crippen LogP contribution in [0.25, 0.3) is 10.8 Å². The Labute approximate surface area is 172 Å². The molecule has 9 heteroatoms. The molecule has 0 radical (unpaired) electrons. The summed E-state index contributed by atoms with van der Waals surface area (Å²) in [5.74, 6) is -0.183. The molecule has 3 aromatic rings. The molecule has 0 saturated heterocycles. The van der Waals surface area contributed by atoms with Crippen LogP contribution < -0.4 is 15.0 Å². The van der Waals surface area contributed by atoms with E-state index in [0.717, 1.165) is 10.8 Å². The molecule has 0 aromatic heterocycles. The molecule has 3 aromatic carbocycles. The van der Waals surface area contributed by atoms with Crippen LogP contribution in [0.3, 0.4) is 0 Å². The normalized spacial score (nSPS) is 12.5. The molecule has 0 aliphatic rings. The predicted molar refractivity (Wildman–Crippen MR) is 109 cm³/mol. The van der Waals surface area contributed by atoms with Gasteiger partial charge in [-0.15, -0.1) is 4.83 Å². The summed E-state index contributed by atoms with van der Waals surface area (Å²) in [6, 6.07) is 17.3. The monoisotopic (exact) mass is 438 g/mol. The highest BCUT2D eigenvalue weighted by molar-refractivity contribution is 7.89. The van der Waals surface area contributed by atoms with Gasteiger partial charge in [0.2, 0.25) is 0 Å². The topological polar surface area (TPSA) is 84.5 Å². The fraction of sp³-hybridized carbons (Fsp3) is 0.105. The number of halogens is 2. The first-order chi connectivity index (χ1) is 13.3. The van der Waals surface area contributed by atoms with Crippen molar-refractivity contribution in [3.05, 3.63) is 70.7 Å². The van der Waals surface area contributed by atoms with E-state index in [-0.39, 0.29) is 14.9 Å². The van der Waals surface area contributed by atoms with Crippen molar-refractivity contribution in [2.24, 2.45) is 0 Å². The van der Waals surface area contributed by atoms with Crippen LogP contribution in [-0.4, -0.2) is 20.4 Å². The number of sulfonamides is 1. The summed E-state index contributed by atoms with van der Waals surface area (Å²) in [4.78, 5) is 14.0. The van der Waals surface area contributed by atoms with E-state index >= 15 is 0 Å². The van der Waals surface area contributed by atoms with Gasteiger partial charge in [-0.25, -0.2) is 8.42 Å². The summed E-state index contributed by atoms with van der Waals surface area (Å²) < 4.78 is 30.3. The van der Waals surface area contributed by atoms with Gasteiger partial charge >= 0.3 is 0 Å². The third-order valence-corrected chi connectivity index (χ3v) is 6.14. The van der Waals surface area contributed by atoms with Crippen molar-refractivity contribution >= 4 is 49.9 Å². The van der Waals surface area contributed by atoms with Gasteiger partial charge < -0.3 is 4.74 Å². The molecule has 3 rings (SSSR count). The van der Waals surface area contributed by atoms with Gasteiger partial charge in [0.05, 0.1) is 10.0 Å². The smallest absolute Gasteiger partial charge is 0.275 e. The molecule has 0 spiro atoms. The van der Waals surface area contributed by atoms with Crippen LogP contribution in [0.2, 0.25) is 10.0 Å². The average Bonchev–Trinajstić information content (AvgIpc) is 2.68. The first-order valence-electron chi connectivity index (χ1n) is 8.19. The number of hydrogen-bond donors (Lipinski definition) is 2. The van der Waals surface area contributed by atoms with Gasteiger partial charge in [-0.3, -0.25) is 10.2 Å². The minimum absolute atomic E-state index is 0.0869. The number of carbonyl (C=O) groups excluding carboxylic acids is 1. The van der Waals surface area contributed by atoms with E-state index in [1.807, 2.05) is 35.2 Å². The Morgan fingerprint density at radius 1 is 1.00 bits per heavy atom. The van der Waals surface area contributed by atoms with Gasteiger partial charge in [-0.05, 0) is 42.0 Å². The maximum atomic E-state index is 12.3. The summed E-state index contributed by atoms with van der Waals surface area (Å²) in [6.07, 6.45) is -0.946. The van der Waals surface area contributed by atoms with Crippen LogP contribution in [0.5, 0.6) is 5.75 Å². The molecular weight excluding hydrogens is 423 g/mol. The number of hydrazine groups is 1. The Morgan fingerprint density at radius 3 is 2.46 bits per heavy atom. The minimum Gasteiger partial charge on any atom is -0.481 e. The Morgan fingerprint density at radius 2 is 1.71 bits per heavy atom. The SMILES string of the molecule is C[C@H](Oc1ccc2ccccc2c1)C(=O)NNS(=O)(=O)c1cccc(Cl)c1Cl. The van der Waals surface area contributed by atoms with E-state index in [0.29, 0.717) is 5.75 Å². The minimum atomic E-state index is -4.10. The lowest BCUT2D eigenvalue weighted by Crippen LogP contribution is -2.47. The molecule has 0 aliphatic carbocycles. The van der Waals surface area contributed by atoms with Gasteiger partial charge in [0, 0.05) is 0 Å². The third-order valence-electron chi connectivity index (χ3n) is 3.92. The zero-order valence-corrected chi connectivity index (χ0v) is 17.0. The number of fused-ring (bicyclic) bond motifs is 1. The molecular formula is C19H16Cl2N2O4S. The van der Waals surface area contributed by atoms with E-state index in [1.165, 1.54) is 25.1 Å². The highest BCUT2D eigenvalue weighted by Crippen LogP contribution is 2.28. The third kappa shape index (κ3) is 4.56. The zero-order chi connectivity index (χ0) is 20.3. The Bertz CT molecular complexity index is 1140. The van der Waals surface area contributed by atoms with Crippen molar-refractivity contribution in [2.75, 3.05) is 0 Å². The lowest BCUT2D eigenvalue weighted by molar-refractivity contribution is -0.127. The van der Waals surface area contributed by atoms with Crippen LogP contribution >= 0.6 is 23.2 Å². The second-order valence-corrected chi connectivity index (χ2v) is 8.35. The molecule has 1 atom stereocenters. The summed E-state index contributed by atoms with van der Waals surface area (Å²) >= 11 is 11.8. The molecule has 0 bridgehead atoms. The molecule has 0 unspecified atom stereocenters. The molecule has 6 nitrogen and oxygen atoms in total. The van der Waals surface area contributed by atoms with E-state index in [1.54, 1.807) is 12.1 Å². The largest absolute Gasteiger partial charge is 0.481 e. The van der Waals surface area contributed by atoms with Crippen molar-refractivity contribution in [3.8, 4) is 5.75 Å². The second-order valence-electron chi connectivity index (χ2n) is 5.92. The first kappa shape index (κ1) is 20.4. The fourth-order valence-corrected chi connectivity index (χ4v) is 4.07. The highest BCUT2D eigenvalue weighted by Gasteiger charge is 2.22. The van der Waals surface area contributed by atoms with Crippen LogP contribution in [0.1, 0.15) is 6.92 Å². The number of carbonyl (C=O) groups is 1. The second kappa shape index (κ2) is 8.36. The predicted octanol–water partition coefficient (Wildman–Crippen LogP) is 3.92. The quantitative estimate of drug-likeness (QED) is 0.571. The molecule has 0 saturated carbocycles. The number of nitrogens with one attached hydrogen (secondary N) is 2.